The van der Waals surface area contributed by atoms with E-state index < -0.39 is 8.07 Å². The molecule has 0 aliphatic carbocycles. The summed E-state index contributed by atoms with van der Waals surface area (Å²) in [5, 5.41) is 3.72. The molecule has 28 heavy (non-hydrogen) atoms. The van der Waals surface area contributed by atoms with Crippen LogP contribution < -0.4 is 5.19 Å². The average molecular weight is 389 g/mol. The van der Waals surface area contributed by atoms with Crippen LogP contribution in [0.2, 0.25) is 19.6 Å². The molecule has 0 unspecified atom stereocenters. The second-order valence-corrected chi connectivity index (χ2v) is 14.9. The summed E-state index contributed by atoms with van der Waals surface area (Å²) in [6.07, 6.45) is 6.65. The number of pyridine rings is 2. The van der Waals surface area contributed by atoms with E-state index in [4.69, 9.17) is 4.42 Å². The first-order valence-corrected chi connectivity index (χ1v) is 13.4. The van der Waals surface area contributed by atoms with E-state index in [1.165, 1.54) is 16.1 Å². The van der Waals surface area contributed by atoms with E-state index >= 15 is 0 Å². The van der Waals surface area contributed by atoms with E-state index in [1.54, 1.807) is 6.20 Å². The Labute approximate surface area is 167 Å². The smallest absolute Gasteiger partial charge is 0.144 e. The molecule has 4 heteroatoms. The lowest BCUT2D eigenvalue weighted by atomic mass is 9.88. The quantitative estimate of drug-likeness (QED) is 0.394. The molecule has 0 atom stereocenters. The number of rotatable bonds is 3. The lowest BCUT2D eigenvalue weighted by molar-refractivity contribution is 0.411. The Bertz CT molecular complexity index is 1160. The van der Waals surface area contributed by atoms with Crippen molar-refractivity contribution in [1.29, 1.82) is 0 Å². The van der Waals surface area contributed by atoms with Crippen LogP contribution in [0.4, 0.5) is 0 Å². The van der Waals surface area contributed by atoms with Crippen molar-refractivity contribution < 1.29 is 4.42 Å². The third-order valence-electron chi connectivity index (χ3n) is 5.06. The Morgan fingerprint density at radius 3 is 2.50 bits per heavy atom. The highest BCUT2D eigenvalue weighted by Gasteiger charge is 2.25. The van der Waals surface area contributed by atoms with Crippen LogP contribution in [0.1, 0.15) is 26.3 Å². The molecule has 0 radical (unpaired) electrons. The SMILES string of the molecule is CC(C)(C)Cc1ccnc(-c2ccc([Si](C)(C)C)c3c2oc2ccncc23)c1. The van der Waals surface area contributed by atoms with Crippen LogP contribution in [0.3, 0.4) is 0 Å². The average Bonchev–Trinajstić information content (AvgIpc) is 2.98. The summed E-state index contributed by atoms with van der Waals surface area (Å²) >= 11 is 0. The predicted octanol–water partition coefficient (Wildman–Crippen LogP) is 6.18. The maximum Gasteiger partial charge on any atom is 0.144 e. The third-order valence-corrected chi connectivity index (χ3v) is 7.10. The molecule has 4 aromatic rings. The van der Waals surface area contributed by atoms with Crippen LogP contribution in [0, 0.1) is 5.41 Å². The van der Waals surface area contributed by atoms with Gasteiger partial charge in [-0.3, -0.25) is 9.97 Å². The van der Waals surface area contributed by atoms with Crippen molar-refractivity contribution in [3.8, 4) is 11.3 Å². The standard InChI is InChI=1S/C24H28N2OSi/c1-24(2,3)14-16-9-12-26-19(13-16)17-7-8-21(28(4,5)6)22-18-15-25-11-10-20(18)27-23(17)22/h7-13,15H,14H2,1-6H3. The van der Waals surface area contributed by atoms with Crippen LogP contribution in [-0.4, -0.2) is 18.0 Å². The molecule has 0 amide bonds. The molecule has 0 fully saturated rings. The van der Waals surface area contributed by atoms with Gasteiger partial charge in [-0.1, -0.05) is 46.5 Å². The van der Waals surface area contributed by atoms with E-state index in [9.17, 15) is 0 Å². The molecule has 3 aromatic heterocycles. The van der Waals surface area contributed by atoms with Crippen LogP contribution >= 0.6 is 0 Å². The second kappa shape index (κ2) is 6.56. The van der Waals surface area contributed by atoms with Gasteiger partial charge >= 0.3 is 0 Å². The molecule has 3 nitrogen and oxygen atoms in total. The van der Waals surface area contributed by atoms with Gasteiger partial charge in [-0.05, 0) is 46.9 Å². The van der Waals surface area contributed by atoms with Gasteiger partial charge in [0.25, 0.3) is 0 Å². The number of nitrogens with zero attached hydrogens (tertiary/aromatic N) is 2. The number of fused-ring (bicyclic) bond motifs is 3. The monoisotopic (exact) mass is 388 g/mol. The zero-order valence-electron chi connectivity index (χ0n) is 17.6. The zero-order valence-corrected chi connectivity index (χ0v) is 18.6. The molecular weight excluding hydrogens is 360 g/mol. The molecule has 0 saturated carbocycles. The van der Waals surface area contributed by atoms with E-state index in [-0.39, 0.29) is 5.41 Å². The highest BCUT2D eigenvalue weighted by molar-refractivity contribution is 6.90. The van der Waals surface area contributed by atoms with Crippen molar-refractivity contribution >= 4 is 35.2 Å². The maximum absolute atomic E-state index is 6.36. The Hall–Kier alpha value is -2.46. The van der Waals surface area contributed by atoms with E-state index in [0.717, 1.165) is 34.2 Å². The number of hydrogen-bond acceptors (Lipinski definition) is 3. The highest BCUT2D eigenvalue weighted by Crippen LogP contribution is 2.35. The summed E-state index contributed by atoms with van der Waals surface area (Å²) in [6, 6.07) is 10.8. The topological polar surface area (TPSA) is 38.9 Å². The van der Waals surface area contributed by atoms with Gasteiger partial charge in [-0.25, -0.2) is 0 Å². The van der Waals surface area contributed by atoms with E-state index in [1.807, 2.05) is 18.5 Å². The van der Waals surface area contributed by atoms with E-state index in [2.05, 4.69) is 74.6 Å². The Balaban J connectivity index is 1.98. The molecule has 0 aliphatic rings. The first kappa shape index (κ1) is 18.9. The van der Waals surface area contributed by atoms with Crippen LogP contribution in [0.15, 0.2) is 53.3 Å². The van der Waals surface area contributed by atoms with Gasteiger partial charge in [0.15, 0.2) is 0 Å². The molecule has 144 valence electrons. The van der Waals surface area contributed by atoms with Crippen molar-refractivity contribution in [2.75, 3.05) is 0 Å². The summed E-state index contributed by atoms with van der Waals surface area (Å²) in [7, 11) is -1.55. The predicted molar refractivity (Wildman–Crippen MR) is 121 cm³/mol. The Morgan fingerprint density at radius 1 is 1.00 bits per heavy atom. The number of hydrogen-bond donors (Lipinski definition) is 0. The van der Waals surface area contributed by atoms with Crippen LogP contribution in [-0.2, 0) is 6.42 Å². The fraction of sp³-hybridized carbons (Fsp3) is 0.333. The number of benzene rings is 1. The molecule has 0 aliphatic heterocycles. The van der Waals surface area contributed by atoms with Crippen LogP contribution in [0.25, 0.3) is 33.2 Å². The fourth-order valence-electron chi connectivity index (χ4n) is 3.90. The zero-order chi connectivity index (χ0) is 20.1. The Kier molecular flexibility index (Phi) is 4.42. The normalized spacial score (nSPS) is 12.8. The third kappa shape index (κ3) is 3.49. The summed E-state index contributed by atoms with van der Waals surface area (Å²) in [5.74, 6) is 0. The molecule has 0 bridgehead atoms. The Morgan fingerprint density at radius 2 is 1.79 bits per heavy atom. The van der Waals surface area contributed by atoms with Gasteiger partial charge in [-0.2, -0.15) is 0 Å². The second-order valence-electron chi connectivity index (χ2n) is 9.88. The molecule has 3 heterocycles. The van der Waals surface area contributed by atoms with Gasteiger partial charge in [0.2, 0.25) is 0 Å². The fourth-order valence-corrected chi connectivity index (χ4v) is 5.48. The van der Waals surface area contributed by atoms with Gasteiger partial charge in [0, 0.05) is 34.9 Å². The van der Waals surface area contributed by atoms with Gasteiger partial charge in [-0.15, -0.1) is 0 Å². The first-order chi connectivity index (χ1) is 13.1. The van der Waals surface area contributed by atoms with Crippen molar-refractivity contribution in [2.45, 2.75) is 46.8 Å². The van der Waals surface area contributed by atoms with Crippen molar-refractivity contribution in [1.82, 2.24) is 9.97 Å². The maximum atomic E-state index is 6.36. The van der Waals surface area contributed by atoms with Gasteiger partial charge in [0.05, 0.1) is 13.8 Å². The van der Waals surface area contributed by atoms with Crippen molar-refractivity contribution in [2.24, 2.45) is 5.41 Å². The minimum atomic E-state index is -1.55. The molecular formula is C24H28N2OSi. The molecule has 0 spiro atoms. The first-order valence-electron chi connectivity index (χ1n) is 9.88. The summed E-state index contributed by atoms with van der Waals surface area (Å²) in [4.78, 5) is 9.04. The highest BCUT2D eigenvalue weighted by atomic mass is 28.3. The van der Waals surface area contributed by atoms with Crippen LogP contribution in [0.5, 0.6) is 0 Å². The largest absolute Gasteiger partial charge is 0.455 e. The van der Waals surface area contributed by atoms with E-state index in [0.29, 0.717) is 0 Å². The minimum Gasteiger partial charge on any atom is -0.455 e. The number of furan rings is 1. The van der Waals surface area contributed by atoms with Gasteiger partial charge < -0.3 is 4.42 Å². The van der Waals surface area contributed by atoms with Crippen molar-refractivity contribution in [3.05, 3.63) is 54.5 Å². The van der Waals surface area contributed by atoms with Crippen molar-refractivity contribution in [3.63, 3.8) is 0 Å². The summed E-state index contributed by atoms with van der Waals surface area (Å²) in [6.45, 7) is 13.9. The summed E-state index contributed by atoms with van der Waals surface area (Å²) < 4.78 is 6.36. The molecule has 1 aromatic carbocycles. The minimum absolute atomic E-state index is 0.237. The summed E-state index contributed by atoms with van der Waals surface area (Å²) in [5.41, 5.74) is 5.40. The lowest BCUT2D eigenvalue weighted by Gasteiger charge is -2.20. The molecule has 4 rings (SSSR count). The number of aromatic nitrogens is 2. The molecule has 0 N–H and O–H groups in total. The lowest BCUT2D eigenvalue weighted by Crippen LogP contribution is -2.37. The molecule has 0 saturated heterocycles. The van der Waals surface area contributed by atoms with Gasteiger partial charge in [0.1, 0.15) is 11.2 Å².